The van der Waals surface area contributed by atoms with E-state index in [9.17, 15) is 26.8 Å². The van der Waals surface area contributed by atoms with Crippen LogP contribution in [-0.2, 0) is 32.5 Å². The maximum Gasteiger partial charge on any atom is 0.435 e. The number of hydrogen-bond donors (Lipinski definition) is 2. The van der Waals surface area contributed by atoms with E-state index >= 15 is 0 Å². The number of likely N-dealkylation sites (N-methyl/N-ethyl adjacent to an activating group) is 1. The van der Waals surface area contributed by atoms with Crippen molar-refractivity contribution in [3.63, 3.8) is 0 Å². The second-order valence-electron chi connectivity index (χ2n) is 11.8. The van der Waals surface area contributed by atoms with Gasteiger partial charge in [-0.3, -0.25) is 4.79 Å². The van der Waals surface area contributed by atoms with Gasteiger partial charge in [-0.05, 0) is 57.6 Å². The first-order valence-corrected chi connectivity index (χ1v) is 17.2. The number of nitrogens with zero attached hydrogens (tertiary/aromatic N) is 4. The first-order chi connectivity index (χ1) is 23.0. The first-order valence-electron chi connectivity index (χ1n) is 15.8. The molecule has 2 aliphatic rings. The number of fused-ring (bicyclic) bond motifs is 1. The van der Waals surface area contributed by atoms with E-state index in [2.05, 4.69) is 15.7 Å². The van der Waals surface area contributed by atoms with Crippen molar-refractivity contribution in [2.75, 3.05) is 64.2 Å². The average molecular weight is 691 g/mol. The highest BCUT2D eigenvalue weighted by Gasteiger charge is 2.35. The summed E-state index contributed by atoms with van der Waals surface area (Å²) in [4.78, 5) is 28.3. The quantitative estimate of drug-likeness (QED) is 0.285. The van der Waals surface area contributed by atoms with E-state index in [0.29, 0.717) is 56.0 Å². The molecule has 3 aromatic rings. The van der Waals surface area contributed by atoms with Gasteiger partial charge in [-0.25, -0.2) is 22.0 Å². The van der Waals surface area contributed by atoms with Crippen LogP contribution in [0.1, 0.15) is 47.8 Å². The molecule has 0 radical (unpaired) electrons. The molecule has 13 nitrogen and oxygen atoms in total. The summed E-state index contributed by atoms with van der Waals surface area (Å²) in [5.41, 5.74) is 1.41. The fraction of sp³-hybridized carbons (Fsp3) is 0.469. The highest BCUT2D eigenvalue weighted by atomic mass is 32.2. The zero-order valence-corrected chi connectivity index (χ0v) is 27.9. The molecule has 1 fully saturated rings. The van der Waals surface area contributed by atoms with Crippen molar-refractivity contribution in [2.45, 2.75) is 50.1 Å². The Bertz CT molecular complexity index is 1720. The van der Waals surface area contributed by atoms with Crippen LogP contribution in [0.15, 0.2) is 41.3 Å². The molecule has 0 atom stereocenters. The molecule has 1 saturated heterocycles. The fourth-order valence-electron chi connectivity index (χ4n) is 5.44. The molecule has 3 heterocycles. The Hall–Kier alpha value is -4.12. The lowest BCUT2D eigenvalue weighted by Gasteiger charge is -2.27. The molecule has 1 amide bonds. The third-order valence-corrected chi connectivity index (χ3v) is 9.78. The zero-order valence-electron chi connectivity index (χ0n) is 27.1. The summed E-state index contributed by atoms with van der Waals surface area (Å²) in [5, 5.41) is 10.6. The van der Waals surface area contributed by atoms with Gasteiger partial charge in [-0.2, -0.15) is 8.99 Å². The minimum absolute atomic E-state index is 0.0198. The van der Waals surface area contributed by atoms with Crippen LogP contribution in [0, 0.1) is 11.6 Å². The molecule has 48 heavy (non-hydrogen) atoms. The van der Waals surface area contributed by atoms with Gasteiger partial charge in [0.1, 0.15) is 24.0 Å². The van der Waals surface area contributed by atoms with Crippen LogP contribution in [0.25, 0.3) is 0 Å². The molecular formula is C32H40F2N6O7S. The minimum atomic E-state index is -4.36. The summed E-state index contributed by atoms with van der Waals surface area (Å²) in [5.74, 6) is -2.11. The van der Waals surface area contributed by atoms with Crippen molar-refractivity contribution in [2.24, 2.45) is 0 Å². The molecule has 2 aromatic carbocycles. The predicted molar refractivity (Wildman–Crippen MR) is 173 cm³/mol. The molecule has 0 bridgehead atoms. The number of rotatable bonds is 12. The van der Waals surface area contributed by atoms with Gasteiger partial charge >= 0.3 is 6.09 Å². The number of nitrogens with one attached hydrogen (secondary N) is 2. The molecule has 0 aliphatic carbocycles. The van der Waals surface area contributed by atoms with Gasteiger partial charge in [-0.15, -0.1) is 5.10 Å². The van der Waals surface area contributed by atoms with E-state index in [0.717, 1.165) is 34.0 Å². The summed E-state index contributed by atoms with van der Waals surface area (Å²) in [6, 6.07) is 7.17. The highest BCUT2D eigenvalue weighted by molar-refractivity contribution is 7.89. The normalized spacial score (nSPS) is 15.6. The van der Waals surface area contributed by atoms with E-state index in [1.807, 2.05) is 25.9 Å². The minimum Gasteiger partial charge on any atom is -0.492 e. The third-order valence-electron chi connectivity index (χ3n) is 7.95. The molecule has 1 aromatic heterocycles. The van der Waals surface area contributed by atoms with E-state index in [-0.39, 0.29) is 49.1 Å². The lowest BCUT2D eigenvalue weighted by atomic mass is 10.1. The number of carbonyl (C=O) groups is 2. The Labute approximate surface area is 278 Å². The summed E-state index contributed by atoms with van der Waals surface area (Å²) in [6.07, 6.45) is 1.28. The van der Waals surface area contributed by atoms with Gasteiger partial charge in [-0.1, -0.05) is 6.92 Å². The Balaban J connectivity index is 1.46. The largest absolute Gasteiger partial charge is 0.492 e. The van der Waals surface area contributed by atoms with Crippen LogP contribution in [-0.4, -0.2) is 99.1 Å². The van der Waals surface area contributed by atoms with Gasteiger partial charge in [0, 0.05) is 63.0 Å². The van der Waals surface area contributed by atoms with Crippen molar-refractivity contribution in [3.8, 4) is 5.75 Å². The lowest BCUT2D eigenvalue weighted by Crippen LogP contribution is -2.37. The number of ether oxygens (including phenoxy) is 3. The molecule has 0 saturated carbocycles. The van der Waals surface area contributed by atoms with Crippen LogP contribution in [0.2, 0.25) is 0 Å². The molecule has 0 unspecified atom stereocenters. The number of halogens is 2. The van der Waals surface area contributed by atoms with Crippen LogP contribution in [0.3, 0.4) is 0 Å². The first kappa shape index (κ1) is 35.2. The van der Waals surface area contributed by atoms with Crippen LogP contribution < -0.4 is 15.4 Å². The number of sulfonamides is 1. The zero-order chi connectivity index (χ0) is 34.4. The Morgan fingerprint density at radius 3 is 2.50 bits per heavy atom. The van der Waals surface area contributed by atoms with E-state index in [1.54, 1.807) is 18.2 Å². The number of amides is 1. The highest BCUT2D eigenvalue weighted by Crippen LogP contribution is 2.32. The SMILES string of the molecule is CCCOC(=O)n1nc(NC(=O)c2ccc(OCCN(C)C)cc2NC2CCOCC2)c2c1CCN(S(=O)(=O)c1cc(F)cc(F)c1)C2. The van der Waals surface area contributed by atoms with Crippen LogP contribution >= 0.6 is 0 Å². The smallest absolute Gasteiger partial charge is 0.435 e. The van der Waals surface area contributed by atoms with Crippen molar-refractivity contribution in [1.29, 1.82) is 0 Å². The van der Waals surface area contributed by atoms with Gasteiger partial charge in [0.2, 0.25) is 10.0 Å². The number of anilines is 2. The molecular weight excluding hydrogens is 650 g/mol. The van der Waals surface area contributed by atoms with Gasteiger partial charge in [0.15, 0.2) is 5.82 Å². The Kier molecular flexibility index (Phi) is 11.3. The average Bonchev–Trinajstić information content (AvgIpc) is 3.41. The fourth-order valence-corrected chi connectivity index (χ4v) is 6.89. The second-order valence-corrected chi connectivity index (χ2v) is 13.8. The molecule has 5 rings (SSSR count). The molecule has 2 N–H and O–H groups in total. The summed E-state index contributed by atoms with van der Waals surface area (Å²) in [7, 11) is -0.485. The second kappa shape index (κ2) is 15.4. The van der Waals surface area contributed by atoms with E-state index < -0.39 is 38.6 Å². The Morgan fingerprint density at radius 1 is 1.08 bits per heavy atom. The predicted octanol–water partition coefficient (Wildman–Crippen LogP) is 4.09. The standard InChI is InChI=1S/C32H40F2N6O7S/c1-4-12-47-32(42)40-29-7-10-39(48(43,44)25-17-21(33)16-22(34)18-25)20-27(29)30(37-40)36-31(41)26-6-5-24(46-15-11-38(2)3)19-28(26)35-23-8-13-45-14-9-23/h5-6,16-19,23,35H,4,7-15,20H2,1-3H3,(H,36,37,41). The molecule has 16 heteroatoms. The maximum atomic E-state index is 14.0. The number of hydrogen-bond acceptors (Lipinski definition) is 10. The van der Waals surface area contributed by atoms with E-state index in [1.165, 1.54) is 0 Å². The Morgan fingerprint density at radius 2 is 1.81 bits per heavy atom. The summed E-state index contributed by atoms with van der Waals surface area (Å²) >= 11 is 0. The van der Waals surface area contributed by atoms with Gasteiger partial charge in [0.05, 0.1) is 28.4 Å². The van der Waals surface area contributed by atoms with Crippen LogP contribution in [0.5, 0.6) is 5.75 Å². The topological polar surface area (TPSA) is 144 Å². The van der Waals surface area contributed by atoms with Crippen molar-refractivity contribution < 1.29 is 41.0 Å². The van der Waals surface area contributed by atoms with Gasteiger partial charge in [0.25, 0.3) is 5.91 Å². The van der Waals surface area contributed by atoms with Crippen molar-refractivity contribution in [3.05, 3.63) is 64.9 Å². The lowest BCUT2D eigenvalue weighted by molar-refractivity contribution is 0.0904. The summed E-state index contributed by atoms with van der Waals surface area (Å²) < 4.78 is 73.6. The monoisotopic (exact) mass is 690 g/mol. The third kappa shape index (κ3) is 8.29. The maximum absolute atomic E-state index is 14.0. The van der Waals surface area contributed by atoms with E-state index in [4.69, 9.17) is 14.2 Å². The van der Waals surface area contributed by atoms with Crippen molar-refractivity contribution in [1.82, 2.24) is 19.0 Å². The molecule has 2 aliphatic heterocycles. The molecule has 0 spiro atoms. The number of carbonyl (C=O) groups excluding carboxylic acids is 2. The molecule has 260 valence electrons. The van der Waals surface area contributed by atoms with Crippen molar-refractivity contribution >= 4 is 33.5 Å². The number of benzene rings is 2. The number of aromatic nitrogens is 2. The summed E-state index contributed by atoms with van der Waals surface area (Å²) in [6.45, 7) is 3.83. The van der Waals surface area contributed by atoms with Crippen LogP contribution in [0.4, 0.5) is 25.1 Å². The van der Waals surface area contributed by atoms with Gasteiger partial charge < -0.3 is 29.7 Å².